The van der Waals surface area contributed by atoms with Crippen LogP contribution in [0.15, 0.2) is 72.8 Å². The number of carbonyl (C=O) groups excluding carboxylic acids is 1. The molecule has 0 saturated carbocycles. The van der Waals surface area contributed by atoms with Crippen molar-refractivity contribution in [2.45, 2.75) is 19.6 Å². The highest BCUT2D eigenvalue weighted by Crippen LogP contribution is 2.22. The van der Waals surface area contributed by atoms with Gasteiger partial charge in [0.15, 0.2) is 11.6 Å². The molecule has 3 aromatic carbocycles. The molecule has 0 heterocycles. The topological polar surface area (TPSA) is 47.6 Å². The molecule has 0 aliphatic heterocycles. The Morgan fingerprint density at radius 2 is 1.75 bits per heavy atom. The first-order chi connectivity index (χ1) is 13.6. The predicted molar refractivity (Wildman–Crippen MR) is 106 cm³/mol. The lowest BCUT2D eigenvalue weighted by Gasteiger charge is -2.17. The summed E-state index contributed by atoms with van der Waals surface area (Å²) in [6, 6.07) is 21.0. The van der Waals surface area contributed by atoms with E-state index in [-0.39, 0.29) is 24.3 Å². The fraction of sp³-hybridized carbons (Fsp3) is 0.174. The van der Waals surface area contributed by atoms with Gasteiger partial charge < -0.3 is 14.8 Å². The average molecular weight is 379 g/mol. The van der Waals surface area contributed by atoms with Gasteiger partial charge in [0, 0.05) is 11.1 Å². The Kier molecular flexibility index (Phi) is 6.27. The van der Waals surface area contributed by atoms with Gasteiger partial charge in [-0.1, -0.05) is 42.5 Å². The monoisotopic (exact) mass is 379 g/mol. The smallest absolute Gasteiger partial charge is 0.252 e. The van der Waals surface area contributed by atoms with Gasteiger partial charge in [0.1, 0.15) is 12.4 Å². The zero-order valence-electron chi connectivity index (χ0n) is 15.8. The number of methoxy groups -OCH3 is 1. The lowest BCUT2D eigenvalue weighted by Crippen LogP contribution is -2.27. The number of hydrogen-bond acceptors (Lipinski definition) is 3. The van der Waals surface area contributed by atoms with E-state index in [1.165, 1.54) is 13.2 Å². The Labute approximate surface area is 163 Å². The molecule has 5 heteroatoms. The third-order valence-corrected chi connectivity index (χ3v) is 4.42. The fourth-order valence-corrected chi connectivity index (χ4v) is 2.86. The number of nitrogens with one attached hydrogen (secondary N) is 1. The van der Waals surface area contributed by atoms with Crippen LogP contribution in [0.3, 0.4) is 0 Å². The molecule has 1 unspecified atom stereocenters. The van der Waals surface area contributed by atoms with Gasteiger partial charge in [0.25, 0.3) is 5.91 Å². The lowest BCUT2D eigenvalue weighted by molar-refractivity contribution is 0.0937. The molecule has 144 valence electrons. The summed E-state index contributed by atoms with van der Waals surface area (Å²) >= 11 is 0. The van der Waals surface area contributed by atoms with Crippen LogP contribution in [0.25, 0.3) is 0 Å². The first kappa shape index (κ1) is 19.4. The molecule has 0 aliphatic rings. The van der Waals surface area contributed by atoms with Gasteiger partial charge in [-0.05, 0) is 42.8 Å². The molecule has 0 aliphatic carbocycles. The van der Waals surface area contributed by atoms with Crippen molar-refractivity contribution in [3.63, 3.8) is 0 Å². The van der Waals surface area contributed by atoms with Crippen molar-refractivity contribution in [2.75, 3.05) is 7.11 Å². The van der Waals surface area contributed by atoms with Gasteiger partial charge in [-0.25, -0.2) is 4.39 Å². The Morgan fingerprint density at radius 1 is 1.04 bits per heavy atom. The quantitative estimate of drug-likeness (QED) is 0.635. The van der Waals surface area contributed by atoms with Crippen molar-refractivity contribution in [1.82, 2.24) is 5.32 Å². The van der Waals surface area contributed by atoms with Crippen LogP contribution < -0.4 is 14.8 Å². The first-order valence-electron chi connectivity index (χ1n) is 8.98. The SMILES string of the molecule is COc1ccc(C(C)NC(=O)c2ccccc2COc2ccccc2)cc1F. The van der Waals surface area contributed by atoms with E-state index in [9.17, 15) is 9.18 Å². The zero-order valence-corrected chi connectivity index (χ0v) is 15.8. The van der Waals surface area contributed by atoms with Gasteiger partial charge >= 0.3 is 0 Å². The van der Waals surface area contributed by atoms with Gasteiger partial charge in [-0.3, -0.25) is 4.79 Å². The van der Waals surface area contributed by atoms with Crippen LogP contribution >= 0.6 is 0 Å². The maximum absolute atomic E-state index is 13.9. The second-order valence-electron chi connectivity index (χ2n) is 6.35. The third kappa shape index (κ3) is 4.68. The molecule has 1 N–H and O–H groups in total. The van der Waals surface area contributed by atoms with Crippen molar-refractivity contribution >= 4 is 5.91 Å². The van der Waals surface area contributed by atoms with E-state index in [1.54, 1.807) is 24.3 Å². The number of benzene rings is 3. The number of hydrogen-bond donors (Lipinski definition) is 1. The lowest BCUT2D eigenvalue weighted by atomic mass is 10.0. The molecule has 0 fully saturated rings. The van der Waals surface area contributed by atoms with Gasteiger partial charge in [0.05, 0.1) is 13.2 Å². The summed E-state index contributed by atoms with van der Waals surface area (Å²) in [6.45, 7) is 2.08. The predicted octanol–water partition coefficient (Wildman–Crippen LogP) is 4.90. The first-order valence-corrected chi connectivity index (χ1v) is 8.98. The highest BCUT2D eigenvalue weighted by atomic mass is 19.1. The van der Waals surface area contributed by atoms with E-state index in [1.807, 2.05) is 49.4 Å². The van der Waals surface area contributed by atoms with Crippen molar-refractivity contribution < 1.29 is 18.7 Å². The minimum atomic E-state index is -0.460. The molecule has 0 spiro atoms. The molecular formula is C23H22FNO3. The molecule has 3 rings (SSSR count). The summed E-state index contributed by atoms with van der Waals surface area (Å²) < 4.78 is 24.6. The number of para-hydroxylation sites is 1. The average Bonchev–Trinajstić information content (AvgIpc) is 2.73. The van der Waals surface area contributed by atoms with Crippen LogP contribution in [0.2, 0.25) is 0 Å². The Hall–Kier alpha value is -3.34. The maximum atomic E-state index is 13.9. The molecule has 3 aromatic rings. The molecule has 28 heavy (non-hydrogen) atoms. The number of rotatable bonds is 7. The summed E-state index contributed by atoms with van der Waals surface area (Å²) in [4.78, 5) is 12.8. The molecule has 0 radical (unpaired) electrons. The molecule has 0 aromatic heterocycles. The van der Waals surface area contributed by atoms with E-state index in [2.05, 4.69) is 5.32 Å². The second-order valence-corrected chi connectivity index (χ2v) is 6.35. The number of ether oxygens (including phenoxy) is 2. The standard InChI is InChI=1S/C23H22FNO3/c1-16(17-12-13-22(27-2)21(24)14-17)25-23(26)20-11-7-6-8-18(20)15-28-19-9-4-3-5-10-19/h3-14,16H,15H2,1-2H3,(H,25,26). The number of halogens is 1. The summed E-state index contributed by atoms with van der Waals surface area (Å²) in [5.41, 5.74) is 1.96. The van der Waals surface area contributed by atoms with Crippen LogP contribution in [0.4, 0.5) is 4.39 Å². The Balaban J connectivity index is 1.71. The van der Waals surface area contributed by atoms with Crippen molar-refractivity contribution in [3.8, 4) is 11.5 Å². The minimum Gasteiger partial charge on any atom is -0.494 e. The van der Waals surface area contributed by atoms with Crippen LogP contribution in [-0.4, -0.2) is 13.0 Å². The molecule has 1 amide bonds. The van der Waals surface area contributed by atoms with E-state index >= 15 is 0 Å². The number of amides is 1. The van der Waals surface area contributed by atoms with Crippen LogP contribution in [-0.2, 0) is 6.61 Å². The van der Waals surface area contributed by atoms with Gasteiger partial charge in [-0.2, -0.15) is 0 Å². The van der Waals surface area contributed by atoms with Gasteiger partial charge in [0.2, 0.25) is 0 Å². The fourth-order valence-electron chi connectivity index (χ4n) is 2.86. The Bertz CT molecular complexity index is 944. The van der Waals surface area contributed by atoms with Crippen molar-refractivity contribution in [3.05, 3.63) is 95.3 Å². The summed E-state index contributed by atoms with van der Waals surface area (Å²) in [5.74, 6) is 0.208. The molecule has 1 atom stereocenters. The van der Waals surface area contributed by atoms with Crippen molar-refractivity contribution in [2.24, 2.45) is 0 Å². The molecule has 4 nitrogen and oxygen atoms in total. The van der Waals surface area contributed by atoms with E-state index in [0.29, 0.717) is 11.1 Å². The van der Waals surface area contributed by atoms with Crippen LogP contribution in [0.1, 0.15) is 34.5 Å². The summed E-state index contributed by atoms with van der Waals surface area (Å²) in [5, 5.41) is 2.91. The maximum Gasteiger partial charge on any atom is 0.252 e. The molecule has 0 bridgehead atoms. The van der Waals surface area contributed by atoms with Crippen molar-refractivity contribution in [1.29, 1.82) is 0 Å². The van der Waals surface area contributed by atoms with E-state index in [4.69, 9.17) is 9.47 Å². The van der Waals surface area contributed by atoms with E-state index in [0.717, 1.165) is 11.3 Å². The van der Waals surface area contributed by atoms with Crippen LogP contribution in [0.5, 0.6) is 11.5 Å². The highest BCUT2D eigenvalue weighted by molar-refractivity contribution is 5.95. The zero-order chi connectivity index (χ0) is 19.9. The highest BCUT2D eigenvalue weighted by Gasteiger charge is 2.16. The third-order valence-electron chi connectivity index (χ3n) is 4.42. The summed E-state index contributed by atoms with van der Waals surface area (Å²) in [7, 11) is 1.41. The number of carbonyl (C=O) groups is 1. The molecular weight excluding hydrogens is 357 g/mol. The summed E-state index contributed by atoms with van der Waals surface area (Å²) in [6.07, 6.45) is 0. The Morgan fingerprint density at radius 3 is 2.46 bits per heavy atom. The molecule has 0 saturated heterocycles. The largest absolute Gasteiger partial charge is 0.494 e. The second kappa shape index (κ2) is 9.04. The van der Waals surface area contributed by atoms with Gasteiger partial charge in [-0.15, -0.1) is 0 Å². The van der Waals surface area contributed by atoms with E-state index < -0.39 is 5.82 Å². The normalized spacial score (nSPS) is 11.5. The van der Waals surface area contributed by atoms with Crippen LogP contribution in [0, 0.1) is 5.82 Å². The minimum absolute atomic E-state index is 0.172.